The number of rotatable bonds is 5. The number of sulfonamides is 1. The molecule has 1 amide bonds. The largest absolute Gasteiger partial charge is 0.488 e. The van der Waals surface area contributed by atoms with Gasteiger partial charge in [-0.2, -0.15) is 0 Å². The minimum atomic E-state index is -3.48. The highest BCUT2D eigenvalue weighted by molar-refractivity contribution is 7.89. The number of para-hydroxylation sites is 1. The van der Waals surface area contributed by atoms with E-state index in [4.69, 9.17) is 4.74 Å². The zero-order valence-corrected chi connectivity index (χ0v) is 18.0. The molecule has 4 rings (SSSR count). The number of aromatic nitrogens is 1. The van der Waals surface area contributed by atoms with E-state index in [1.165, 1.54) is 29.7 Å². The minimum absolute atomic E-state index is 0.197. The van der Waals surface area contributed by atoms with Crippen molar-refractivity contribution in [3.05, 3.63) is 65.0 Å². The molecule has 7 nitrogen and oxygen atoms in total. The smallest absolute Gasteiger partial charge is 0.256 e. The molecule has 0 fully saturated rings. The Labute approximate surface area is 178 Å². The van der Waals surface area contributed by atoms with E-state index < -0.39 is 10.0 Å². The molecule has 1 aliphatic rings. The van der Waals surface area contributed by atoms with Gasteiger partial charge in [0, 0.05) is 30.6 Å². The standard InChI is InChI=1S/C21H19N3O4S2/c1-24(2)30(26,27)17-9-7-14(8-10-17)18-13-29-21(22-18)23-20(25)16-11-15-5-3-4-6-19(15)28-12-16/h3-11,13H,12H2,1-2H3,(H,22,23,25). The average molecular weight is 442 g/mol. The third-order valence-electron chi connectivity index (χ3n) is 4.58. The normalized spacial score (nSPS) is 13.4. The summed E-state index contributed by atoms with van der Waals surface area (Å²) in [5, 5.41) is 5.07. The zero-order chi connectivity index (χ0) is 21.3. The van der Waals surface area contributed by atoms with Crippen molar-refractivity contribution in [3.8, 4) is 17.0 Å². The monoisotopic (exact) mass is 441 g/mol. The second-order valence-electron chi connectivity index (χ2n) is 6.80. The fourth-order valence-electron chi connectivity index (χ4n) is 2.90. The summed E-state index contributed by atoms with van der Waals surface area (Å²) in [4.78, 5) is 17.2. The number of nitrogens with one attached hydrogen (secondary N) is 1. The molecule has 1 aromatic heterocycles. The van der Waals surface area contributed by atoms with E-state index in [1.54, 1.807) is 24.3 Å². The Hall–Kier alpha value is -3.01. The summed E-state index contributed by atoms with van der Waals surface area (Å²) in [5.74, 6) is 0.489. The SMILES string of the molecule is CN(C)S(=O)(=O)c1ccc(-c2csc(NC(=O)C3=Cc4ccccc4OC3)n2)cc1. The Morgan fingerprint density at radius 3 is 2.60 bits per heavy atom. The molecular formula is C21H19N3O4S2. The Balaban J connectivity index is 1.49. The number of anilines is 1. The second kappa shape index (κ2) is 8.02. The molecular weight excluding hydrogens is 422 g/mol. The van der Waals surface area contributed by atoms with Crippen molar-refractivity contribution in [2.45, 2.75) is 4.90 Å². The molecule has 154 valence electrons. The summed E-state index contributed by atoms with van der Waals surface area (Å²) < 4.78 is 31.2. The number of carbonyl (C=O) groups is 1. The predicted octanol–water partition coefficient (Wildman–Crippen LogP) is 3.47. The molecule has 0 bridgehead atoms. The fourth-order valence-corrected chi connectivity index (χ4v) is 4.51. The highest BCUT2D eigenvalue weighted by Crippen LogP contribution is 2.29. The molecule has 2 aromatic carbocycles. The van der Waals surface area contributed by atoms with Crippen LogP contribution in [-0.2, 0) is 14.8 Å². The molecule has 9 heteroatoms. The maximum atomic E-state index is 12.6. The van der Waals surface area contributed by atoms with E-state index in [1.807, 2.05) is 35.7 Å². The number of hydrogen-bond acceptors (Lipinski definition) is 6. The summed E-state index contributed by atoms with van der Waals surface area (Å²) in [6.45, 7) is 0.197. The number of hydrogen-bond donors (Lipinski definition) is 1. The van der Waals surface area contributed by atoms with Crippen molar-refractivity contribution in [1.82, 2.24) is 9.29 Å². The fraction of sp³-hybridized carbons (Fsp3) is 0.143. The van der Waals surface area contributed by atoms with Crippen LogP contribution in [0.1, 0.15) is 5.56 Å². The van der Waals surface area contributed by atoms with E-state index in [0.717, 1.165) is 16.9 Å². The Morgan fingerprint density at radius 2 is 1.87 bits per heavy atom. The van der Waals surface area contributed by atoms with Gasteiger partial charge in [-0.15, -0.1) is 11.3 Å². The Bertz CT molecular complexity index is 1230. The van der Waals surface area contributed by atoms with Crippen LogP contribution in [0.2, 0.25) is 0 Å². The van der Waals surface area contributed by atoms with Crippen LogP contribution in [0, 0.1) is 0 Å². The highest BCUT2D eigenvalue weighted by atomic mass is 32.2. The molecule has 1 N–H and O–H groups in total. The van der Waals surface area contributed by atoms with Gasteiger partial charge in [0.1, 0.15) is 12.4 Å². The third kappa shape index (κ3) is 4.00. The third-order valence-corrected chi connectivity index (χ3v) is 7.16. The molecule has 0 aliphatic carbocycles. The van der Waals surface area contributed by atoms with Crippen molar-refractivity contribution in [2.75, 3.05) is 26.0 Å². The van der Waals surface area contributed by atoms with E-state index in [2.05, 4.69) is 10.3 Å². The summed E-state index contributed by atoms with van der Waals surface area (Å²) in [6.07, 6.45) is 1.81. The van der Waals surface area contributed by atoms with Gasteiger partial charge in [0.25, 0.3) is 5.91 Å². The van der Waals surface area contributed by atoms with E-state index >= 15 is 0 Å². The van der Waals surface area contributed by atoms with Crippen LogP contribution in [0.3, 0.4) is 0 Å². The first-order valence-corrected chi connectivity index (χ1v) is 11.4. The van der Waals surface area contributed by atoms with E-state index in [0.29, 0.717) is 16.4 Å². The van der Waals surface area contributed by atoms with Gasteiger partial charge in [0.2, 0.25) is 10.0 Å². The molecule has 0 unspecified atom stereocenters. The van der Waals surface area contributed by atoms with Crippen molar-refractivity contribution in [1.29, 1.82) is 0 Å². The van der Waals surface area contributed by atoms with Gasteiger partial charge in [0.05, 0.1) is 16.2 Å². The van der Waals surface area contributed by atoms with Crippen LogP contribution in [-0.4, -0.2) is 44.3 Å². The first-order chi connectivity index (χ1) is 14.3. The van der Waals surface area contributed by atoms with Gasteiger partial charge >= 0.3 is 0 Å². The molecule has 0 radical (unpaired) electrons. The summed E-state index contributed by atoms with van der Waals surface area (Å²) in [7, 11) is -0.500. The maximum Gasteiger partial charge on any atom is 0.256 e. The molecule has 30 heavy (non-hydrogen) atoms. The van der Waals surface area contributed by atoms with Gasteiger partial charge in [-0.25, -0.2) is 17.7 Å². The number of benzene rings is 2. The van der Waals surface area contributed by atoms with Gasteiger partial charge in [-0.05, 0) is 24.3 Å². The number of ether oxygens (including phenoxy) is 1. The Morgan fingerprint density at radius 1 is 1.13 bits per heavy atom. The first kappa shape index (κ1) is 20.3. The molecule has 0 saturated heterocycles. The zero-order valence-electron chi connectivity index (χ0n) is 16.3. The maximum absolute atomic E-state index is 12.6. The number of amides is 1. The molecule has 0 spiro atoms. The van der Waals surface area contributed by atoms with E-state index in [9.17, 15) is 13.2 Å². The summed E-state index contributed by atoms with van der Waals surface area (Å²) in [5.41, 5.74) is 2.80. The minimum Gasteiger partial charge on any atom is -0.488 e. The van der Waals surface area contributed by atoms with Gasteiger partial charge in [-0.3, -0.25) is 10.1 Å². The van der Waals surface area contributed by atoms with Gasteiger partial charge in [0.15, 0.2) is 5.13 Å². The van der Waals surface area contributed by atoms with Crippen LogP contribution >= 0.6 is 11.3 Å². The van der Waals surface area contributed by atoms with Crippen molar-refractivity contribution >= 4 is 38.5 Å². The lowest BCUT2D eigenvalue weighted by atomic mass is 10.1. The highest BCUT2D eigenvalue weighted by Gasteiger charge is 2.19. The van der Waals surface area contributed by atoms with Crippen molar-refractivity contribution < 1.29 is 17.9 Å². The number of nitrogens with zero attached hydrogens (tertiary/aromatic N) is 2. The lowest BCUT2D eigenvalue weighted by Crippen LogP contribution is -2.22. The lowest BCUT2D eigenvalue weighted by Gasteiger charge is -2.16. The van der Waals surface area contributed by atoms with Crippen molar-refractivity contribution in [2.24, 2.45) is 0 Å². The number of thiazole rings is 1. The van der Waals surface area contributed by atoms with Crippen molar-refractivity contribution in [3.63, 3.8) is 0 Å². The summed E-state index contributed by atoms with van der Waals surface area (Å²) >= 11 is 1.30. The lowest BCUT2D eigenvalue weighted by molar-refractivity contribution is -0.113. The van der Waals surface area contributed by atoms with Crippen LogP contribution in [0.15, 0.2) is 64.4 Å². The van der Waals surface area contributed by atoms with Crippen LogP contribution < -0.4 is 10.1 Å². The Kier molecular flexibility index (Phi) is 5.42. The molecule has 1 aliphatic heterocycles. The average Bonchev–Trinajstić information content (AvgIpc) is 3.21. The second-order valence-corrected chi connectivity index (χ2v) is 9.81. The van der Waals surface area contributed by atoms with Crippen LogP contribution in [0.5, 0.6) is 5.75 Å². The quantitative estimate of drug-likeness (QED) is 0.655. The molecule has 3 aromatic rings. The number of fused-ring (bicyclic) bond motifs is 1. The predicted molar refractivity (Wildman–Crippen MR) is 117 cm³/mol. The number of carbonyl (C=O) groups excluding carboxylic acids is 1. The molecule has 0 atom stereocenters. The van der Waals surface area contributed by atoms with Crippen LogP contribution in [0.4, 0.5) is 5.13 Å². The molecule has 0 saturated carbocycles. The topological polar surface area (TPSA) is 88.6 Å². The summed E-state index contributed by atoms with van der Waals surface area (Å²) in [6, 6.07) is 14.0. The first-order valence-electron chi connectivity index (χ1n) is 9.07. The van der Waals surface area contributed by atoms with Gasteiger partial charge in [-0.1, -0.05) is 30.3 Å². The van der Waals surface area contributed by atoms with Crippen LogP contribution in [0.25, 0.3) is 17.3 Å². The van der Waals surface area contributed by atoms with E-state index in [-0.39, 0.29) is 17.4 Å². The van der Waals surface area contributed by atoms with Gasteiger partial charge < -0.3 is 4.74 Å². The molecule has 2 heterocycles.